The third-order valence-corrected chi connectivity index (χ3v) is 2.37. The Labute approximate surface area is 66.0 Å². The first-order valence-corrected chi connectivity index (χ1v) is 5.14. The molecule has 0 saturated heterocycles. The van der Waals surface area contributed by atoms with Crippen LogP contribution in [0.3, 0.4) is 0 Å². The Kier molecular flexibility index (Phi) is 3.87. The van der Waals surface area contributed by atoms with Gasteiger partial charge < -0.3 is 0 Å². The largest absolute Gasteiger partial charge is 0.260 e. The second kappa shape index (κ2) is 3.91. The summed E-state index contributed by atoms with van der Waals surface area (Å²) in [7, 11) is -0.661. The normalized spacial score (nSPS) is 14.7. The Balaban J connectivity index is 3.67. The molecule has 0 aliphatic heterocycles. The number of hydrogen-bond donors (Lipinski definition) is 0. The molecule has 1 unspecified atom stereocenters. The zero-order chi connectivity index (χ0) is 8.20. The van der Waals surface area contributed by atoms with E-state index in [9.17, 15) is 4.21 Å². The fourth-order valence-corrected chi connectivity index (χ4v) is 1.32. The van der Waals surface area contributed by atoms with Crippen molar-refractivity contribution >= 4 is 10.8 Å². The van der Waals surface area contributed by atoms with Crippen molar-refractivity contribution in [2.24, 2.45) is 5.41 Å². The molecule has 0 bridgehead atoms. The Bertz CT molecular complexity index is 138. The molecule has 0 heterocycles. The molecule has 0 radical (unpaired) electrons. The van der Waals surface area contributed by atoms with Crippen LogP contribution in [0.1, 0.15) is 20.3 Å². The number of allylic oxidation sites excluding steroid dienone is 1. The lowest BCUT2D eigenvalue weighted by Gasteiger charge is -2.17. The maximum absolute atomic E-state index is 10.7. The van der Waals surface area contributed by atoms with Crippen molar-refractivity contribution < 1.29 is 4.21 Å². The topological polar surface area (TPSA) is 17.1 Å². The van der Waals surface area contributed by atoms with E-state index in [1.807, 2.05) is 6.08 Å². The van der Waals surface area contributed by atoms with Crippen LogP contribution >= 0.6 is 0 Å². The molecule has 0 N–H and O–H groups in total. The maximum atomic E-state index is 10.7. The summed E-state index contributed by atoms with van der Waals surface area (Å²) in [6.07, 6.45) is 4.61. The van der Waals surface area contributed by atoms with Gasteiger partial charge in [0.2, 0.25) is 0 Å². The van der Waals surface area contributed by atoms with Gasteiger partial charge in [-0.15, -0.1) is 6.58 Å². The van der Waals surface area contributed by atoms with Crippen molar-refractivity contribution in [2.45, 2.75) is 20.3 Å². The van der Waals surface area contributed by atoms with Crippen LogP contribution in [-0.4, -0.2) is 16.2 Å². The lowest BCUT2D eigenvalue weighted by Crippen LogP contribution is -2.11. The van der Waals surface area contributed by atoms with Gasteiger partial charge in [0.05, 0.1) is 0 Å². The van der Waals surface area contributed by atoms with E-state index in [0.717, 1.165) is 12.2 Å². The summed E-state index contributed by atoms with van der Waals surface area (Å²) in [6.45, 7) is 7.92. The smallest absolute Gasteiger partial charge is 0.0240 e. The van der Waals surface area contributed by atoms with Gasteiger partial charge >= 0.3 is 0 Å². The summed E-state index contributed by atoms with van der Waals surface area (Å²) in [5, 5.41) is 0. The van der Waals surface area contributed by atoms with Gasteiger partial charge in [-0.2, -0.15) is 0 Å². The molecule has 60 valence electrons. The molecule has 0 amide bonds. The van der Waals surface area contributed by atoms with Crippen LogP contribution in [0.15, 0.2) is 12.7 Å². The van der Waals surface area contributed by atoms with Gasteiger partial charge in [0, 0.05) is 22.8 Å². The van der Waals surface area contributed by atoms with Gasteiger partial charge in [0.1, 0.15) is 0 Å². The highest BCUT2D eigenvalue weighted by Gasteiger charge is 2.12. The molecular weight excluding hydrogens is 144 g/mol. The first-order valence-electron chi connectivity index (χ1n) is 3.41. The zero-order valence-electron chi connectivity index (χ0n) is 7.02. The molecule has 2 heteroatoms. The number of rotatable bonds is 4. The third-order valence-electron chi connectivity index (χ3n) is 1.59. The van der Waals surface area contributed by atoms with E-state index < -0.39 is 10.8 Å². The van der Waals surface area contributed by atoms with E-state index in [0.29, 0.717) is 0 Å². The fourth-order valence-electron chi connectivity index (χ4n) is 0.509. The van der Waals surface area contributed by atoms with E-state index in [1.54, 1.807) is 6.26 Å². The van der Waals surface area contributed by atoms with Crippen molar-refractivity contribution in [1.29, 1.82) is 0 Å². The molecule has 0 spiro atoms. The van der Waals surface area contributed by atoms with Crippen LogP contribution in [-0.2, 0) is 10.8 Å². The standard InChI is InChI=1S/C8H16OS/c1-5-8(2,3)6-7-10(4)9/h5H,1,6-7H2,2-4H3. The van der Waals surface area contributed by atoms with Crippen LogP contribution in [0.4, 0.5) is 0 Å². The molecule has 0 rings (SSSR count). The summed E-state index contributed by atoms with van der Waals surface area (Å²) < 4.78 is 10.7. The van der Waals surface area contributed by atoms with Crippen molar-refractivity contribution in [3.63, 3.8) is 0 Å². The average molecular weight is 160 g/mol. The van der Waals surface area contributed by atoms with Gasteiger partial charge in [-0.1, -0.05) is 19.9 Å². The first-order chi connectivity index (χ1) is 4.48. The van der Waals surface area contributed by atoms with Crippen molar-refractivity contribution in [2.75, 3.05) is 12.0 Å². The minimum atomic E-state index is -0.661. The van der Waals surface area contributed by atoms with Crippen LogP contribution in [0.2, 0.25) is 0 Å². The predicted molar refractivity (Wildman–Crippen MR) is 47.5 cm³/mol. The first kappa shape index (κ1) is 9.89. The molecular formula is C8H16OS. The summed E-state index contributed by atoms with van der Waals surface area (Å²) in [5.41, 5.74) is 0.145. The van der Waals surface area contributed by atoms with Crippen molar-refractivity contribution in [3.05, 3.63) is 12.7 Å². The van der Waals surface area contributed by atoms with E-state index in [2.05, 4.69) is 20.4 Å². The zero-order valence-corrected chi connectivity index (χ0v) is 7.83. The minimum Gasteiger partial charge on any atom is -0.260 e. The summed E-state index contributed by atoms with van der Waals surface area (Å²) in [5.74, 6) is 0.777. The van der Waals surface area contributed by atoms with Crippen LogP contribution < -0.4 is 0 Å². The molecule has 1 atom stereocenters. The monoisotopic (exact) mass is 160 g/mol. The Hall–Kier alpha value is -0.110. The Morgan fingerprint density at radius 2 is 2.10 bits per heavy atom. The summed E-state index contributed by atoms with van der Waals surface area (Å²) >= 11 is 0. The molecule has 1 nitrogen and oxygen atoms in total. The van der Waals surface area contributed by atoms with Gasteiger partial charge in [0.25, 0.3) is 0 Å². The Morgan fingerprint density at radius 3 is 2.40 bits per heavy atom. The molecule has 0 aliphatic carbocycles. The highest BCUT2D eigenvalue weighted by molar-refractivity contribution is 7.84. The molecule has 0 aromatic carbocycles. The van der Waals surface area contributed by atoms with Crippen LogP contribution in [0.5, 0.6) is 0 Å². The minimum absolute atomic E-state index is 0.145. The fraction of sp³-hybridized carbons (Fsp3) is 0.750. The highest BCUT2D eigenvalue weighted by Crippen LogP contribution is 2.20. The predicted octanol–water partition coefficient (Wildman–Crippen LogP) is 1.97. The van der Waals surface area contributed by atoms with Crippen molar-refractivity contribution in [1.82, 2.24) is 0 Å². The molecule has 0 fully saturated rings. The Morgan fingerprint density at radius 1 is 1.60 bits per heavy atom. The maximum Gasteiger partial charge on any atom is 0.0240 e. The van der Waals surface area contributed by atoms with Crippen molar-refractivity contribution in [3.8, 4) is 0 Å². The highest BCUT2D eigenvalue weighted by atomic mass is 32.2. The van der Waals surface area contributed by atoms with Gasteiger partial charge in [-0.25, -0.2) is 0 Å². The van der Waals surface area contributed by atoms with E-state index in [1.165, 1.54) is 0 Å². The molecule has 0 saturated carbocycles. The SMILES string of the molecule is C=CC(C)(C)CCS(C)=O. The van der Waals surface area contributed by atoms with Crippen LogP contribution in [0.25, 0.3) is 0 Å². The molecule has 0 aromatic heterocycles. The second-order valence-electron chi connectivity index (χ2n) is 3.22. The molecule has 0 aromatic rings. The van der Waals surface area contributed by atoms with E-state index >= 15 is 0 Å². The van der Waals surface area contributed by atoms with Gasteiger partial charge in [-0.3, -0.25) is 4.21 Å². The summed E-state index contributed by atoms with van der Waals surface area (Å²) in [4.78, 5) is 0. The van der Waals surface area contributed by atoms with E-state index in [-0.39, 0.29) is 5.41 Å². The lowest BCUT2D eigenvalue weighted by molar-refractivity contribution is 0.465. The van der Waals surface area contributed by atoms with Crippen LogP contribution in [0, 0.1) is 5.41 Å². The molecule has 10 heavy (non-hydrogen) atoms. The second-order valence-corrected chi connectivity index (χ2v) is 4.77. The third kappa shape index (κ3) is 4.74. The van der Waals surface area contributed by atoms with E-state index in [4.69, 9.17) is 0 Å². The van der Waals surface area contributed by atoms with Gasteiger partial charge in [0.15, 0.2) is 0 Å². The lowest BCUT2D eigenvalue weighted by atomic mass is 9.91. The molecule has 0 aliphatic rings. The van der Waals surface area contributed by atoms with Gasteiger partial charge in [-0.05, 0) is 11.8 Å². The summed E-state index contributed by atoms with van der Waals surface area (Å²) in [6, 6.07) is 0. The average Bonchev–Trinajstić information content (AvgIpc) is 1.85. The number of hydrogen-bond acceptors (Lipinski definition) is 1. The quantitative estimate of drug-likeness (QED) is 0.575.